The lowest BCUT2D eigenvalue weighted by atomic mass is 10.1. The van der Waals surface area contributed by atoms with Crippen LogP contribution in [0.5, 0.6) is 0 Å². The summed E-state index contributed by atoms with van der Waals surface area (Å²) in [5.74, 6) is 0. The van der Waals surface area contributed by atoms with Gasteiger partial charge in [-0.2, -0.15) is 0 Å². The number of hydrogen-bond donors (Lipinski definition) is 0. The molecule has 0 amide bonds. The van der Waals surface area contributed by atoms with Crippen LogP contribution in [-0.2, 0) is 4.79 Å². The van der Waals surface area contributed by atoms with Crippen molar-refractivity contribution in [3.05, 3.63) is 24.3 Å². The molecule has 0 aromatic carbocycles. The van der Waals surface area contributed by atoms with Crippen molar-refractivity contribution in [1.82, 2.24) is 0 Å². The molecule has 55 valence electrons. The minimum atomic E-state index is 0.719. The predicted molar refractivity (Wildman–Crippen MR) is 43.5 cm³/mol. The molecule has 0 aromatic heterocycles. The minimum absolute atomic E-state index is 0.719. The summed E-state index contributed by atoms with van der Waals surface area (Å²) in [7, 11) is 0. The van der Waals surface area contributed by atoms with E-state index in [1.165, 1.54) is 0 Å². The minimum Gasteiger partial charge on any atom is -0.285 e. The second kappa shape index (κ2) is 6.27. The number of hydrogen-bond acceptors (Lipinski definition) is 1. The topological polar surface area (TPSA) is 17.1 Å². The van der Waals surface area contributed by atoms with Crippen LogP contribution < -0.4 is 0 Å². The Balaban J connectivity index is 3.70. The Morgan fingerprint density at radius 1 is 1.70 bits per heavy atom. The average Bonchev–Trinajstić information content (AvgIpc) is 1.98. The summed E-state index contributed by atoms with van der Waals surface area (Å²) < 4.78 is 0. The molecule has 0 rings (SSSR count). The highest BCUT2D eigenvalue weighted by Gasteiger charge is 1.92. The molecule has 0 aliphatic carbocycles. The van der Waals surface area contributed by atoms with Crippen molar-refractivity contribution in [1.29, 1.82) is 0 Å². The molecule has 0 atom stereocenters. The Morgan fingerprint density at radius 2 is 2.40 bits per heavy atom. The van der Waals surface area contributed by atoms with Crippen molar-refractivity contribution in [2.24, 2.45) is 0 Å². The molecule has 0 saturated heterocycles. The third-order valence-electron chi connectivity index (χ3n) is 1.25. The lowest BCUT2D eigenvalue weighted by molar-refractivity contribution is 0.559. The summed E-state index contributed by atoms with van der Waals surface area (Å²) in [5, 5.41) is 0. The van der Waals surface area contributed by atoms with E-state index >= 15 is 0 Å². The van der Waals surface area contributed by atoms with Crippen LogP contribution in [-0.4, -0.2) is 6.29 Å². The largest absolute Gasteiger partial charge is 0.285 e. The van der Waals surface area contributed by atoms with Crippen LogP contribution in [0.4, 0.5) is 0 Å². The Labute approximate surface area is 62.4 Å². The van der Waals surface area contributed by atoms with Crippen molar-refractivity contribution >= 4 is 6.29 Å². The van der Waals surface area contributed by atoms with Gasteiger partial charge >= 0.3 is 0 Å². The van der Waals surface area contributed by atoms with E-state index < -0.39 is 0 Å². The van der Waals surface area contributed by atoms with Crippen molar-refractivity contribution in [3.8, 4) is 0 Å². The first-order valence-corrected chi connectivity index (χ1v) is 3.55. The van der Waals surface area contributed by atoms with Gasteiger partial charge in [0.05, 0.1) is 0 Å². The number of carbonyl (C=O) groups excluding carboxylic acids is 1. The van der Waals surface area contributed by atoms with E-state index in [-0.39, 0.29) is 0 Å². The Bertz CT molecular complexity index is 134. The van der Waals surface area contributed by atoms with E-state index in [1.807, 2.05) is 6.29 Å². The quantitative estimate of drug-likeness (QED) is 0.420. The lowest BCUT2D eigenvalue weighted by Gasteiger charge is -1.93. The summed E-state index contributed by atoms with van der Waals surface area (Å²) in [6, 6.07) is 0. The van der Waals surface area contributed by atoms with Crippen molar-refractivity contribution in [2.45, 2.75) is 26.2 Å². The van der Waals surface area contributed by atoms with Gasteiger partial charge < -0.3 is 0 Å². The summed E-state index contributed by atoms with van der Waals surface area (Å²) in [6.45, 7) is 5.59. The normalized spacial score (nSPS) is 11.1. The highest BCUT2D eigenvalue weighted by molar-refractivity contribution is 5.74. The summed E-state index contributed by atoms with van der Waals surface area (Å²) in [4.78, 5) is 10.2. The van der Waals surface area contributed by atoms with Gasteiger partial charge in [-0.3, -0.25) is 4.79 Å². The molecule has 1 heteroatoms. The van der Waals surface area contributed by atoms with Crippen LogP contribution in [0.2, 0.25) is 0 Å². The average molecular weight is 137 g/mol. The van der Waals surface area contributed by atoms with Gasteiger partial charge in [-0.05, 0) is 12.8 Å². The third-order valence-corrected chi connectivity index (χ3v) is 1.25. The molecule has 1 radical (unpaired) electrons. The SMILES string of the molecule is C=C/C=C(\[C]=O)CCCC. The zero-order chi connectivity index (χ0) is 7.82. The van der Waals surface area contributed by atoms with E-state index in [9.17, 15) is 4.79 Å². The standard InChI is InChI=1S/C9H13O/c1-3-5-7-9(8-10)6-4-2/h4,6H,2-3,5,7H2,1H3/b9-6-. The zero-order valence-corrected chi connectivity index (χ0v) is 6.39. The molecular formula is C9H13O. The molecule has 0 aromatic rings. The molecule has 0 spiro atoms. The second-order valence-electron chi connectivity index (χ2n) is 2.13. The van der Waals surface area contributed by atoms with Crippen LogP contribution in [0, 0.1) is 0 Å². The van der Waals surface area contributed by atoms with Crippen LogP contribution in [0.1, 0.15) is 26.2 Å². The predicted octanol–water partition coefficient (Wildman–Crippen LogP) is 2.40. The van der Waals surface area contributed by atoms with Crippen LogP contribution >= 0.6 is 0 Å². The molecular weight excluding hydrogens is 124 g/mol. The summed E-state index contributed by atoms with van der Waals surface area (Å²) in [6.07, 6.45) is 8.19. The molecule has 0 saturated carbocycles. The fourth-order valence-electron chi connectivity index (χ4n) is 0.678. The van der Waals surface area contributed by atoms with Crippen LogP contribution in [0.3, 0.4) is 0 Å². The fourth-order valence-corrected chi connectivity index (χ4v) is 0.678. The molecule has 0 aliphatic rings. The van der Waals surface area contributed by atoms with E-state index in [4.69, 9.17) is 0 Å². The number of rotatable bonds is 5. The first-order valence-electron chi connectivity index (χ1n) is 3.55. The van der Waals surface area contributed by atoms with Gasteiger partial charge in [0, 0.05) is 5.57 Å². The van der Waals surface area contributed by atoms with E-state index in [1.54, 1.807) is 12.2 Å². The molecule has 0 N–H and O–H groups in total. The van der Waals surface area contributed by atoms with Gasteiger partial charge in [-0.15, -0.1) is 0 Å². The fraction of sp³-hybridized carbons (Fsp3) is 0.444. The van der Waals surface area contributed by atoms with Gasteiger partial charge in [0.1, 0.15) is 0 Å². The first kappa shape index (κ1) is 9.15. The molecule has 0 aliphatic heterocycles. The van der Waals surface area contributed by atoms with Crippen LogP contribution in [0.25, 0.3) is 0 Å². The monoisotopic (exact) mass is 137 g/mol. The van der Waals surface area contributed by atoms with Crippen molar-refractivity contribution in [2.75, 3.05) is 0 Å². The van der Waals surface area contributed by atoms with Crippen LogP contribution in [0.15, 0.2) is 24.3 Å². The van der Waals surface area contributed by atoms with E-state index in [2.05, 4.69) is 13.5 Å². The number of unbranched alkanes of at least 4 members (excludes halogenated alkanes) is 1. The Morgan fingerprint density at radius 3 is 2.80 bits per heavy atom. The van der Waals surface area contributed by atoms with E-state index in [0.717, 1.165) is 24.8 Å². The molecule has 0 fully saturated rings. The van der Waals surface area contributed by atoms with Gasteiger partial charge in [0.2, 0.25) is 6.29 Å². The van der Waals surface area contributed by atoms with Gasteiger partial charge in [-0.25, -0.2) is 0 Å². The zero-order valence-electron chi connectivity index (χ0n) is 6.39. The maximum absolute atomic E-state index is 10.2. The summed E-state index contributed by atoms with van der Waals surface area (Å²) >= 11 is 0. The molecule has 10 heavy (non-hydrogen) atoms. The van der Waals surface area contributed by atoms with Crippen molar-refractivity contribution < 1.29 is 4.79 Å². The van der Waals surface area contributed by atoms with Crippen molar-refractivity contribution in [3.63, 3.8) is 0 Å². The maximum atomic E-state index is 10.2. The molecule has 0 heterocycles. The second-order valence-corrected chi connectivity index (χ2v) is 2.13. The highest BCUT2D eigenvalue weighted by atomic mass is 16.1. The lowest BCUT2D eigenvalue weighted by Crippen LogP contribution is -1.83. The third kappa shape index (κ3) is 4.07. The maximum Gasteiger partial charge on any atom is 0.229 e. The summed E-state index contributed by atoms with van der Waals surface area (Å²) in [5.41, 5.74) is 0.719. The molecule has 0 unspecified atom stereocenters. The van der Waals surface area contributed by atoms with E-state index in [0.29, 0.717) is 0 Å². The molecule has 1 nitrogen and oxygen atoms in total. The highest BCUT2D eigenvalue weighted by Crippen LogP contribution is 2.03. The smallest absolute Gasteiger partial charge is 0.229 e. The number of allylic oxidation sites excluding steroid dienone is 3. The van der Waals surface area contributed by atoms with Gasteiger partial charge in [0.15, 0.2) is 0 Å². The van der Waals surface area contributed by atoms with Gasteiger partial charge in [0.25, 0.3) is 0 Å². The first-order chi connectivity index (χ1) is 4.85. The Kier molecular flexibility index (Phi) is 5.74. The molecule has 0 bridgehead atoms. The van der Waals surface area contributed by atoms with Gasteiger partial charge in [-0.1, -0.05) is 32.1 Å². The Hall–Kier alpha value is -0.850.